The third-order valence-electron chi connectivity index (χ3n) is 8.14. The maximum absolute atomic E-state index is 13.5. The van der Waals surface area contributed by atoms with Crippen LogP contribution in [0.15, 0.2) is 30.3 Å². The number of nitrogens with zero attached hydrogens (tertiary/aromatic N) is 1. The van der Waals surface area contributed by atoms with E-state index in [0.29, 0.717) is 44.8 Å². The summed E-state index contributed by atoms with van der Waals surface area (Å²) in [7, 11) is -5.62. The van der Waals surface area contributed by atoms with E-state index < -0.39 is 34.1 Å². The number of sulfonamides is 1. The van der Waals surface area contributed by atoms with Crippen molar-refractivity contribution >= 4 is 21.7 Å². The van der Waals surface area contributed by atoms with Crippen molar-refractivity contribution in [3.63, 3.8) is 0 Å². The predicted octanol–water partition coefficient (Wildman–Crippen LogP) is 6.22. The summed E-state index contributed by atoms with van der Waals surface area (Å²) in [6.07, 6.45) is 0.616. The van der Waals surface area contributed by atoms with Crippen LogP contribution in [0.1, 0.15) is 68.4 Å². The summed E-state index contributed by atoms with van der Waals surface area (Å²) < 4.78 is 71.4. The molecule has 4 atom stereocenters. The Morgan fingerprint density at radius 3 is 2.36 bits per heavy atom. The maximum Gasteiger partial charge on any atom is 0.516 e. The first-order chi connectivity index (χ1) is 18.1. The van der Waals surface area contributed by atoms with Crippen LogP contribution in [-0.4, -0.2) is 37.7 Å². The van der Waals surface area contributed by atoms with Crippen LogP contribution in [0.2, 0.25) is 0 Å². The Labute approximate surface area is 228 Å². The molecule has 0 saturated heterocycles. The lowest BCUT2D eigenvalue weighted by Gasteiger charge is -2.37. The van der Waals surface area contributed by atoms with Crippen LogP contribution < -0.4 is 4.31 Å². The molecular formula is C29H36F3NO5S. The summed E-state index contributed by atoms with van der Waals surface area (Å²) in [4.78, 5) is 13.4. The van der Waals surface area contributed by atoms with Gasteiger partial charge in [0, 0.05) is 12.1 Å². The second-order valence-corrected chi connectivity index (χ2v) is 13.2. The number of ether oxygens (including phenoxy) is 1. The molecule has 1 aliphatic heterocycles. The Balaban J connectivity index is 1.80. The lowest BCUT2D eigenvalue weighted by Crippen LogP contribution is -2.39. The van der Waals surface area contributed by atoms with Gasteiger partial charge in [-0.15, -0.1) is 0 Å². The van der Waals surface area contributed by atoms with Crippen molar-refractivity contribution in [1.29, 1.82) is 0 Å². The Morgan fingerprint density at radius 2 is 1.77 bits per heavy atom. The highest BCUT2D eigenvalue weighted by molar-refractivity contribution is 7.93. The lowest BCUT2D eigenvalue weighted by atomic mass is 9.75. The molecule has 2 aromatic rings. The van der Waals surface area contributed by atoms with Crippen molar-refractivity contribution < 1.29 is 36.2 Å². The van der Waals surface area contributed by atoms with E-state index in [0.717, 1.165) is 18.4 Å². The zero-order chi connectivity index (χ0) is 28.9. The van der Waals surface area contributed by atoms with Crippen molar-refractivity contribution in [1.82, 2.24) is 0 Å². The number of rotatable bonds is 6. The minimum atomic E-state index is -5.62. The molecule has 4 rings (SSSR count). The van der Waals surface area contributed by atoms with Crippen molar-refractivity contribution in [2.45, 2.75) is 78.0 Å². The molecule has 1 fully saturated rings. The van der Waals surface area contributed by atoms with Crippen LogP contribution in [0.5, 0.6) is 0 Å². The van der Waals surface area contributed by atoms with Crippen LogP contribution in [0.4, 0.5) is 18.9 Å². The fourth-order valence-corrected chi connectivity index (χ4v) is 7.03. The van der Waals surface area contributed by atoms with E-state index in [1.807, 2.05) is 19.1 Å². The Morgan fingerprint density at radius 1 is 1.13 bits per heavy atom. The number of benzene rings is 2. The van der Waals surface area contributed by atoms with Gasteiger partial charge in [-0.3, -0.25) is 4.31 Å². The number of hydrogen-bond acceptors (Lipinski definition) is 5. The van der Waals surface area contributed by atoms with E-state index in [1.165, 1.54) is 6.07 Å². The molecule has 0 aromatic heterocycles. The molecule has 0 radical (unpaired) electrons. The monoisotopic (exact) mass is 567 g/mol. The first-order valence-corrected chi connectivity index (χ1v) is 14.8. The maximum atomic E-state index is 13.5. The van der Waals surface area contributed by atoms with E-state index >= 15 is 0 Å². The normalized spacial score (nSPS) is 22.6. The van der Waals surface area contributed by atoms with Gasteiger partial charge >= 0.3 is 21.5 Å². The molecule has 1 N–H and O–H groups in total. The van der Waals surface area contributed by atoms with Crippen LogP contribution in [0.3, 0.4) is 0 Å². The van der Waals surface area contributed by atoms with Gasteiger partial charge in [-0.2, -0.15) is 21.6 Å². The highest BCUT2D eigenvalue weighted by Gasteiger charge is 2.52. The van der Waals surface area contributed by atoms with Crippen molar-refractivity contribution in [2.24, 2.45) is 17.8 Å². The Kier molecular flexibility index (Phi) is 8.11. The average Bonchev–Trinajstić information content (AvgIpc) is 3.26. The van der Waals surface area contributed by atoms with Crippen LogP contribution >= 0.6 is 0 Å². The largest absolute Gasteiger partial charge is 0.516 e. The number of aliphatic hydroxyl groups is 1. The van der Waals surface area contributed by atoms with Gasteiger partial charge in [0.1, 0.15) is 6.10 Å². The number of fused-ring (bicyclic) bond motifs is 1. The number of carbonyl (C=O) groups excluding carboxylic acids is 1. The topological polar surface area (TPSA) is 83.9 Å². The fraction of sp³-hybridized carbons (Fsp3) is 0.552. The third-order valence-corrected chi connectivity index (χ3v) is 9.68. The van der Waals surface area contributed by atoms with Crippen molar-refractivity contribution in [3.05, 3.63) is 52.6 Å². The number of hydrogen-bond donors (Lipinski definition) is 1. The quantitative estimate of drug-likeness (QED) is 0.419. The van der Waals surface area contributed by atoms with Crippen LogP contribution in [0, 0.1) is 31.6 Å². The van der Waals surface area contributed by atoms with Gasteiger partial charge in [-0.05, 0) is 79.2 Å². The highest BCUT2D eigenvalue weighted by Crippen LogP contribution is 2.46. The molecule has 6 nitrogen and oxygen atoms in total. The van der Waals surface area contributed by atoms with Gasteiger partial charge < -0.3 is 9.84 Å². The summed E-state index contributed by atoms with van der Waals surface area (Å²) in [5.74, 6) is 0.0188. The SMILES string of the molecule is Cc1ccc(-c2c3c(cc(C)c2[C@H](O)C(=O)OC2CC(C)CCC2C(C)C)N(S(=O)(=O)C(F)(F)F)CC3)cc1. The van der Waals surface area contributed by atoms with Gasteiger partial charge in [-0.1, -0.05) is 57.0 Å². The molecule has 0 bridgehead atoms. The molecular weight excluding hydrogens is 531 g/mol. The van der Waals surface area contributed by atoms with E-state index in [4.69, 9.17) is 4.74 Å². The van der Waals surface area contributed by atoms with E-state index in [1.54, 1.807) is 19.1 Å². The smallest absolute Gasteiger partial charge is 0.460 e. The zero-order valence-electron chi connectivity index (χ0n) is 22.9. The molecule has 1 aliphatic carbocycles. The van der Waals surface area contributed by atoms with Gasteiger partial charge in [0.2, 0.25) is 0 Å². The van der Waals surface area contributed by atoms with Gasteiger partial charge in [-0.25, -0.2) is 4.79 Å². The lowest BCUT2D eigenvalue weighted by molar-refractivity contribution is -0.166. The van der Waals surface area contributed by atoms with Crippen molar-refractivity contribution in [2.75, 3.05) is 10.8 Å². The number of carbonyl (C=O) groups is 1. The Bertz CT molecular complexity index is 1340. The number of aliphatic hydroxyl groups excluding tert-OH is 1. The summed E-state index contributed by atoms with van der Waals surface area (Å²) >= 11 is 0. The minimum absolute atomic E-state index is 0.00152. The second-order valence-electron chi connectivity index (χ2n) is 11.3. The predicted molar refractivity (Wildman–Crippen MR) is 144 cm³/mol. The van der Waals surface area contributed by atoms with E-state index in [-0.39, 0.29) is 29.7 Å². The van der Waals surface area contributed by atoms with Gasteiger partial charge in [0.25, 0.3) is 0 Å². The summed E-state index contributed by atoms with van der Waals surface area (Å²) in [6.45, 7) is 9.31. The van der Waals surface area contributed by atoms with E-state index in [9.17, 15) is 31.5 Å². The zero-order valence-corrected chi connectivity index (χ0v) is 23.7. The molecule has 214 valence electrons. The summed E-state index contributed by atoms with van der Waals surface area (Å²) in [5, 5.41) is 11.4. The molecule has 2 aliphatic rings. The van der Waals surface area contributed by atoms with Gasteiger partial charge in [0.15, 0.2) is 6.10 Å². The second kappa shape index (κ2) is 10.8. The van der Waals surface area contributed by atoms with E-state index in [2.05, 4.69) is 20.8 Å². The van der Waals surface area contributed by atoms with Crippen LogP contribution in [-0.2, 0) is 26.0 Å². The number of aryl methyl sites for hydroxylation is 2. The molecule has 2 aromatic carbocycles. The third kappa shape index (κ3) is 5.55. The Hall–Kier alpha value is -2.59. The van der Waals surface area contributed by atoms with Crippen molar-refractivity contribution in [3.8, 4) is 11.1 Å². The molecule has 0 amide bonds. The van der Waals surface area contributed by atoms with Crippen LogP contribution in [0.25, 0.3) is 11.1 Å². The summed E-state index contributed by atoms with van der Waals surface area (Å²) in [5.41, 5.74) is -2.81. The average molecular weight is 568 g/mol. The number of halogens is 3. The first kappa shape index (κ1) is 29.4. The molecule has 1 saturated carbocycles. The first-order valence-electron chi connectivity index (χ1n) is 13.3. The summed E-state index contributed by atoms with van der Waals surface area (Å²) in [6, 6.07) is 8.45. The highest BCUT2D eigenvalue weighted by atomic mass is 32.2. The molecule has 3 unspecified atom stereocenters. The number of anilines is 1. The molecule has 1 heterocycles. The minimum Gasteiger partial charge on any atom is -0.460 e. The van der Waals surface area contributed by atoms with Gasteiger partial charge in [0.05, 0.1) is 5.69 Å². The number of esters is 1. The molecule has 10 heteroatoms. The molecule has 39 heavy (non-hydrogen) atoms. The molecule has 0 spiro atoms. The fourth-order valence-electron chi connectivity index (χ4n) is 6.03. The standard InChI is InChI=1S/C29H36F3NO5S/c1-16(2)21-11-8-18(4)14-24(21)38-28(35)27(34)25-19(5)15-23-22(26(25)20-9-6-17(3)7-10-20)12-13-33(23)39(36,37)29(30,31)32/h6-7,9-10,15-16,18,21,24,27,34H,8,11-14H2,1-5H3/t18?,21?,24?,27-/m0/s1. The number of alkyl halides is 3.